The molecule has 1 saturated carbocycles. The third-order valence-electron chi connectivity index (χ3n) is 3.38. The van der Waals surface area contributed by atoms with Gasteiger partial charge in [-0.05, 0) is 43.2 Å². The van der Waals surface area contributed by atoms with Crippen LogP contribution >= 0.6 is 0 Å². The van der Waals surface area contributed by atoms with Crippen LogP contribution in [0.4, 0.5) is 0 Å². The van der Waals surface area contributed by atoms with Crippen molar-refractivity contribution in [3.8, 4) is 5.75 Å². The first kappa shape index (κ1) is 12.1. The van der Waals surface area contributed by atoms with Crippen LogP contribution in [-0.4, -0.2) is 18.7 Å². The lowest BCUT2D eigenvalue weighted by atomic mass is 10.1. The summed E-state index contributed by atoms with van der Waals surface area (Å²) in [6, 6.07) is 5.98. The highest BCUT2D eigenvalue weighted by Crippen LogP contribution is 2.28. The number of amides is 1. The van der Waals surface area contributed by atoms with Crippen molar-refractivity contribution in [2.24, 2.45) is 5.92 Å². The van der Waals surface area contributed by atoms with E-state index in [9.17, 15) is 4.79 Å². The Morgan fingerprint density at radius 3 is 3.00 bits per heavy atom. The van der Waals surface area contributed by atoms with Crippen LogP contribution in [0.15, 0.2) is 18.2 Å². The van der Waals surface area contributed by atoms with E-state index in [0.29, 0.717) is 6.61 Å². The monoisotopic (exact) mass is 258 g/mol. The molecule has 2 aliphatic rings. The maximum atomic E-state index is 11.7. The zero-order valence-electron chi connectivity index (χ0n) is 11.0. The topological polar surface area (TPSA) is 50.4 Å². The summed E-state index contributed by atoms with van der Waals surface area (Å²) in [5, 5.41) is 8.38. The van der Waals surface area contributed by atoms with Crippen LogP contribution in [0.1, 0.15) is 19.8 Å². The Morgan fingerprint density at radius 2 is 2.26 bits per heavy atom. The zero-order chi connectivity index (χ0) is 13.2. The molecule has 0 radical (unpaired) electrons. The molecule has 1 aromatic rings. The Morgan fingerprint density at radius 1 is 1.42 bits per heavy atom. The van der Waals surface area contributed by atoms with Gasteiger partial charge in [-0.2, -0.15) is 0 Å². The van der Waals surface area contributed by atoms with Gasteiger partial charge in [0.2, 0.25) is 5.91 Å². The van der Waals surface area contributed by atoms with E-state index >= 15 is 0 Å². The average molecular weight is 258 g/mol. The molecular weight excluding hydrogens is 240 g/mol. The van der Waals surface area contributed by atoms with E-state index in [2.05, 4.69) is 10.6 Å². The van der Waals surface area contributed by atoms with Gasteiger partial charge in [-0.25, -0.2) is 0 Å². The molecule has 1 fully saturated rings. The standard InChI is InChI=1S/C15H18N2O2/c1-2-19-13-6-5-11-8-14(16-9-12(11)7-13)17-15(18)10-3-4-10/h5-10,14,16H,2-4H2,1H3,(H,17,18). The largest absolute Gasteiger partial charge is 0.494 e. The zero-order valence-corrected chi connectivity index (χ0v) is 11.0. The van der Waals surface area contributed by atoms with Crippen LogP contribution < -0.4 is 25.8 Å². The van der Waals surface area contributed by atoms with E-state index in [1.807, 2.05) is 37.4 Å². The van der Waals surface area contributed by atoms with Crippen LogP contribution in [0.3, 0.4) is 0 Å². The molecule has 100 valence electrons. The van der Waals surface area contributed by atoms with E-state index in [1.165, 1.54) is 0 Å². The van der Waals surface area contributed by atoms with Gasteiger partial charge in [0.25, 0.3) is 0 Å². The van der Waals surface area contributed by atoms with Gasteiger partial charge >= 0.3 is 0 Å². The molecule has 3 rings (SSSR count). The molecule has 1 aliphatic heterocycles. The van der Waals surface area contributed by atoms with E-state index < -0.39 is 0 Å². The number of carbonyl (C=O) groups excluding carboxylic acids is 1. The lowest BCUT2D eigenvalue weighted by molar-refractivity contribution is -0.122. The van der Waals surface area contributed by atoms with Crippen LogP contribution in [0.2, 0.25) is 0 Å². The van der Waals surface area contributed by atoms with Crippen molar-refractivity contribution >= 4 is 18.2 Å². The molecule has 0 aromatic heterocycles. The second-order valence-electron chi connectivity index (χ2n) is 4.96. The third-order valence-corrected chi connectivity index (χ3v) is 3.38. The number of hydrogen-bond acceptors (Lipinski definition) is 3. The van der Waals surface area contributed by atoms with Gasteiger partial charge in [0.05, 0.1) is 6.61 Å². The summed E-state index contributed by atoms with van der Waals surface area (Å²) < 4.78 is 5.47. The van der Waals surface area contributed by atoms with E-state index in [-0.39, 0.29) is 18.0 Å². The first-order valence-corrected chi connectivity index (χ1v) is 6.77. The quantitative estimate of drug-likeness (QED) is 0.803. The highest BCUT2D eigenvalue weighted by molar-refractivity contribution is 5.82. The second kappa shape index (κ2) is 4.96. The number of benzene rings is 1. The highest BCUT2D eigenvalue weighted by atomic mass is 16.5. The SMILES string of the molecule is CCOc1ccc2c(c1)=CNC(NC(=O)C1CC1)C=2. The molecule has 2 N–H and O–H groups in total. The maximum absolute atomic E-state index is 11.7. The normalized spacial score (nSPS) is 20.4. The van der Waals surface area contributed by atoms with Crippen LogP contribution in [0.5, 0.6) is 5.75 Å². The Hall–Kier alpha value is -1.97. The summed E-state index contributed by atoms with van der Waals surface area (Å²) >= 11 is 0. The summed E-state index contributed by atoms with van der Waals surface area (Å²) in [4.78, 5) is 11.7. The van der Waals surface area contributed by atoms with Crippen molar-refractivity contribution in [1.29, 1.82) is 0 Å². The minimum absolute atomic E-state index is 0.112. The van der Waals surface area contributed by atoms with Crippen molar-refractivity contribution in [3.63, 3.8) is 0 Å². The fraction of sp³-hybridized carbons (Fsp3) is 0.400. The first-order valence-electron chi connectivity index (χ1n) is 6.77. The molecule has 1 amide bonds. The van der Waals surface area contributed by atoms with Crippen LogP contribution in [0, 0.1) is 5.92 Å². The molecular formula is C15H18N2O2. The molecule has 4 nitrogen and oxygen atoms in total. The van der Waals surface area contributed by atoms with Crippen molar-refractivity contribution in [3.05, 3.63) is 28.6 Å². The molecule has 4 heteroatoms. The van der Waals surface area contributed by atoms with Gasteiger partial charge in [0, 0.05) is 17.3 Å². The third kappa shape index (κ3) is 2.72. The minimum atomic E-state index is -0.112. The maximum Gasteiger partial charge on any atom is 0.224 e. The Bertz CT molecular complexity index is 605. The van der Waals surface area contributed by atoms with Crippen molar-refractivity contribution < 1.29 is 9.53 Å². The smallest absolute Gasteiger partial charge is 0.224 e. The molecule has 1 aromatic carbocycles. The number of hydrogen-bond donors (Lipinski definition) is 2. The molecule has 1 unspecified atom stereocenters. The van der Waals surface area contributed by atoms with Crippen molar-refractivity contribution in [1.82, 2.24) is 10.6 Å². The highest BCUT2D eigenvalue weighted by Gasteiger charge is 2.30. The summed E-state index contributed by atoms with van der Waals surface area (Å²) in [6.07, 6.45) is 5.90. The predicted molar refractivity (Wildman–Crippen MR) is 73.6 cm³/mol. The van der Waals surface area contributed by atoms with Gasteiger partial charge in [-0.15, -0.1) is 0 Å². The molecule has 0 saturated heterocycles. The summed E-state index contributed by atoms with van der Waals surface area (Å²) in [7, 11) is 0. The molecule has 19 heavy (non-hydrogen) atoms. The minimum Gasteiger partial charge on any atom is -0.494 e. The Balaban J connectivity index is 1.78. The van der Waals surface area contributed by atoms with Gasteiger partial charge in [0.15, 0.2) is 0 Å². The molecule has 1 heterocycles. The predicted octanol–water partition coefficient (Wildman–Crippen LogP) is 0.0593. The summed E-state index contributed by atoms with van der Waals surface area (Å²) in [5.41, 5.74) is 0. The second-order valence-corrected chi connectivity index (χ2v) is 4.96. The first-order chi connectivity index (χ1) is 9.26. The van der Waals surface area contributed by atoms with Gasteiger partial charge in [-0.1, -0.05) is 6.07 Å². The van der Waals surface area contributed by atoms with Crippen molar-refractivity contribution in [2.45, 2.75) is 25.9 Å². The van der Waals surface area contributed by atoms with Crippen LogP contribution in [0.25, 0.3) is 12.3 Å². The number of ether oxygens (including phenoxy) is 1. The lowest BCUT2D eigenvalue weighted by Gasteiger charge is -2.18. The number of fused-ring (bicyclic) bond motifs is 1. The number of rotatable bonds is 4. The average Bonchev–Trinajstić information content (AvgIpc) is 3.23. The number of nitrogens with one attached hydrogen (secondary N) is 2. The van der Waals surface area contributed by atoms with Crippen molar-refractivity contribution in [2.75, 3.05) is 6.61 Å². The van der Waals surface area contributed by atoms with E-state index in [4.69, 9.17) is 4.74 Å². The van der Waals surface area contributed by atoms with Gasteiger partial charge in [0.1, 0.15) is 11.9 Å². The molecule has 0 spiro atoms. The molecule has 1 aliphatic carbocycles. The summed E-state index contributed by atoms with van der Waals surface area (Å²) in [5.74, 6) is 1.25. The fourth-order valence-electron chi connectivity index (χ4n) is 2.19. The Labute approximate surface area is 112 Å². The van der Waals surface area contributed by atoms with E-state index in [1.54, 1.807) is 0 Å². The van der Waals surface area contributed by atoms with Gasteiger partial charge in [-0.3, -0.25) is 4.79 Å². The molecule has 1 atom stereocenters. The Kier molecular flexibility index (Phi) is 3.15. The van der Waals surface area contributed by atoms with Crippen LogP contribution in [-0.2, 0) is 4.79 Å². The van der Waals surface area contributed by atoms with E-state index in [0.717, 1.165) is 29.0 Å². The summed E-state index contributed by atoms with van der Waals surface area (Å²) in [6.45, 7) is 2.63. The number of carbonyl (C=O) groups is 1. The van der Waals surface area contributed by atoms with Gasteiger partial charge < -0.3 is 15.4 Å². The lowest BCUT2D eigenvalue weighted by Crippen LogP contribution is -2.48. The molecule has 0 bridgehead atoms. The fourth-order valence-corrected chi connectivity index (χ4v) is 2.19.